The number of nitrogens with one attached hydrogen (secondary N) is 2. The minimum atomic E-state index is -0.840. The molecule has 4 fully saturated rings. The van der Waals surface area contributed by atoms with Crippen molar-refractivity contribution in [3.8, 4) is 33.8 Å². The van der Waals surface area contributed by atoms with Gasteiger partial charge >= 0.3 is 28.5 Å². The lowest BCUT2D eigenvalue weighted by molar-refractivity contribution is 0.00578. The third-order valence-electron chi connectivity index (χ3n) is 23.0. The number of hydrogen-bond donors (Lipinski definition) is 2. The molecule has 0 spiro atoms. The third kappa shape index (κ3) is 10.9. The summed E-state index contributed by atoms with van der Waals surface area (Å²) >= 11 is 0. The monoisotopic (exact) mass is 1270 g/mol. The average molecular weight is 1270 g/mol. The van der Waals surface area contributed by atoms with Crippen molar-refractivity contribution < 1.29 is 46.7 Å². The molecule has 0 radical (unpaired) electrons. The van der Waals surface area contributed by atoms with Crippen molar-refractivity contribution in [2.75, 3.05) is 0 Å². The van der Waals surface area contributed by atoms with Crippen LogP contribution < -0.4 is 20.4 Å². The number of rotatable bonds is 4. The minimum absolute atomic E-state index is 0.284. The van der Waals surface area contributed by atoms with E-state index in [1.54, 1.807) is 0 Å². The molecular formula is C76H96B4N4O10. The van der Waals surface area contributed by atoms with Gasteiger partial charge in [-0.3, -0.25) is 0 Å². The predicted molar refractivity (Wildman–Crippen MR) is 383 cm³/mol. The SMILES string of the molecule is Cc1c(C)c2c(C)c(C)c1COc1ccc(C(C)(C)C)cc1-c1c3nc(cc4[nH]c(cc4B4OC(C)(C)C(C)(C)O4)c(c4nc(cc5[nH]c1cc5B1OC(C)(C)C(C)(C)O1)C(B1OC(C)(C)C(C)(C)O1)=C4)-c1cc(C(C)(C)C)ccc1OC2)C(B1OC(C)(C)C(C)(C)O1)=C3. The van der Waals surface area contributed by atoms with E-state index in [-0.39, 0.29) is 10.8 Å². The van der Waals surface area contributed by atoms with Crippen molar-refractivity contribution in [2.24, 2.45) is 0 Å². The maximum atomic E-state index is 7.41. The average Bonchev–Trinajstić information content (AvgIpc) is 1.57. The quantitative estimate of drug-likeness (QED) is 0.162. The first-order chi connectivity index (χ1) is 43.4. The van der Waals surface area contributed by atoms with Crippen LogP contribution in [0.25, 0.3) is 67.4 Å². The smallest absolute Gasteiger partial charge is 0.488 e. The molecule has 10 aliphatic rings. The predicted octanol–water partition coefficient (Wildman–Crippen LogP) is 15.9. The summed E-state index contributed by atoms with van der Waals surface area (Å²) in [5, 5.41) is 0. The zero-order valence-electron chi connectivity index (χ0n) is 60.6. The molecule has 16 rings (SSSR count). The van der Waals surface area contributed by atoms with Crippen molar-refractivity contribution in [1.82, 2.24) is 19.9 Å². The molecule has 0 aliphatic carbocycles. The Labute approximate surface area is 559 Å². The van der Waals surface area contributed by atoms with Gasteiger partial charge in [0.25, 0.3) is 0 Å². The molecule has 3 aromatic heterocycles. The van der Waals surface area contributed by atoms with Crippen molar-refractivity contribution in [3.05, 3.63) is 128 Å². The van der Waals surface area contributed by atoms with Crippen molar-refractivity contribution in [3.63, 3.8) is 0 Å². The van der Waals surface area contributed by atoms with Crippen LogP contribution in [-0.4, -0.2) is 93.2 Å². The van der Waals surface area contributed by atoms with E-state index in [0.717, 1.165) is 99.7 Å². The van der Waals surface area contributed by atoms with Gasteiger partial charge in [-0.2, -0.15) is 0 Å². The van der Waals surface area contributed by atoms with Gasteiger partial charge in [0.2, 0.25) is 0 Å². The first-order valence-corrected chi connectivity index (χ1v) is 33.7. The maximum Gasteiger partial charge on any atom is 0.497 e. The van der Waals surface area contributed by atoms with E-state index in [9.17, 15) is 0 Å². The van der Waals surface area contributed by atoms with Crippen LogP contribution in [0.1, 0.15) is 220 Å². The van der Waals surface area contributed by atoms with E-state index in [2.05, 4.69) is 263 Å². The van der Waals surface area contributed by atoms with Crippen LogP contribution in [0.5, 0.6) is 11.5 Å². The molecule has 3 aromatic carbocycles. The van der Waals surface area contributed by atoms with E-state index in [1.165, 1.54) is 0 Å². The first-order valence-electron chi connectivity index (χ1n) is 33.7. The standard InChI is InChI=1S/C76H96B4N4O10/c1-41-42(2)50-40-86-64-30-28-46(68(8,9)10)32-48(64)66-61-35-53(79-91-73(19,20)74(21,22)92-79)57(83-61)37-55-51(77-87-69(11,12)70(13,14)88-77)33-59(81-55)65(47-31-45(67(5,6)7)27-29-63(47)85-39-49(41)43(3)44(50)4)60-34-52(78-89-71(15,16)72(17,18)90-78)56(82-60)38-58-54(36-62(66)84-58)80-93-75(23,24)76(25,26)94-80/h27-38,81,84H,39-40H2,1-26H3. The second-order valence-electron chi connectivity index (χ2n) is 33.4. The van der Waals surface area contributed by atoms with Crippen LogP contribution in [0, 0.1) is 27.7 Å². The molecule has 4 saturated heterocycles. The highest BCUT2D eigenvalue weighted by Gasteiger charge is 2.57. The van der Waals surface area contributed by atoms with Crippen molar-refractivity contribution in [2.45, 2.75) is 249 Å². The Morgan fingerprint density at radius 2 is 0.660 bits per heavy atom. The summed E-state index contributed by atoms with van der Waals surface area (Å²) in [5.41, 5.74) is 14.4. The zero-order chi connectivity index (χ0) is 68.1. The van der Waals surface area contributed by atoms with Crippen LogP contribution >= 0.6 is 0 Å². The topological polar surface area (TPSA) is 150 Å². The molecule has 12 bridgehead atoms. The molecule has 14 nitrogen and oxygen atoms in total. The molecule has 0 unspecified atom stereocenters. The van der Waals surface area contributed by atoms with Gasteiger partial charge < -0.3 is 56.7 Å². The Morgan fingerprint density at radius 1 is 0.372 bits per heavy atom. The number of ether oxygens (including phenoxy) is 2. The van der Waals surface area contributed by atoms with Gasteiger partial charge in [-0.15, -0.1) is 0 Å². The van der Waals surface area contributed by atoms with Gasteiger partial charge in [-0.05, 0) is 254 Å². The molecule has 492 valence electrons. The van der Waals surface area contributed by atoms with Crippen LogP contribution in [0.3, 0.4) is 0 Å². The number of aromatic amines is 2. The molecule has 6 aromatic rings. The van der Waals surface area contributed by atoms with E-state index in [4.69, 9.17) is 56.7 Å². The molecule has 2 N–H and O–H groups in total. The normalized spacial score (nSPS) is 21.3. The van der Waals surface area contributed by atoms with Crippen molar-refractivity contribution >= 4 is 84.6 Å². The largest absolute Gasteiger partial charge is 0.497 e. The fourth-order valence-corrected chi connectivity index (χ4v) is 13.5. The molecule has 18 heteroatoms. The zero-order valence-corrected chi connectivity index (χ0v) is 60.6. The number of benzene rings is 3. The molecule has 0 atom stereocenters. The Morgan fingerprint density at radius 3 is 0.947 bits per heavy atom. The number of aromatic nitrogens is 4. The molecule has 0 saturated carbocycles. The first kappa shape index (κ1) is 66.4. The number of H-pyrrole nitrogens is 2. The molecule has 13 heterocycles. The second-order valence-corrected chi connectivity index (χ2v) is 33.4. The summed E-state index contributed by atoms with van der Waals surface area (Å²) in [6.45, 7) is 56.2. The van der Waals surface area contributed by atoms with Gasteiger partial charge in [-0.1, -0.05) is 53.7 Å². The fraction of sp³-hybridized carbons (Fsp3) is 0.500. The van der Waals surface area contributed by atoms with E-state index in [1.807, 2.05) is 0 Å². The van der Waals surface area contributed by atoms with Gasteiger partial charge in [-0.25, -0.2) is 9.97 Å². The lowest BCUT2D eigenvalue weighted by Crippen LogP contribution is -2.41. The second kappa shape index (κ2) is 21.6. The summed E-state index contributed by atoms with van der Waals surface area (Å²) in [5.74, 6) is 1.34. The number of nitrogens with zero attached hydrogens (tertiary/aromatic N) is 2. The molecule has 94 heavy (non-hydrogen) atoms. The van der Waals surface area contributed by atoms with Gasteiger partial charge in [0.05, 0.1) is 67.6 Å². The Bertz CT molecular complexity index is 4050. The van der Waals surface area contributed by atoms with Crippen molar-refractivity contribution in [1.29, 1.82) is 0 Å². The van der Waals surface area contributed by atoms with Crippen LogP contribution in [0.4, 0.5) is 0 Å². The summed E-state index contributed by atoms with van der Waals surface area (Å²) in [6.07, 6.45) is 4.27. The summed E-state index contributed by atoms with van der Waals surface area (Å²) in [7, 11) is -3.34. The lowest BCUT2D eigenvalue weighted by Gasteiger charge is -2.32. The Balaban J connectivity index is 1.28. The molecule has 0 amide bonds. The van der Waals surface area contributed by atoms with Gasteiger partial charge in [0.15, 0.2) is 0 Å². The van der Waals surface area contributed by atoms with Crippen LogP contribution in [0.15, 0.2) is 60.7 Å². The minimum Gasteiger partial charge on any atom is -0.488 e. The highest BCUT2D eigenvalue weighted by molar-refractivity contribution is 6.71. The number of hydrogen-bond acceptors (Lipinski definition) is 12. The lowest BCUT2D eigenvalue weighted by atomic mass is 9.75. The third-order valence-corrected chi connectivity index (χ3v) is 23.0. The highest BCUT2D eigenvalue weighted by Crippen LogP contribution is 2.49. The van der Waals surface area contributed by atoms with Gasteiger partial charge in [0.1, 0.15) is 24.7 Å². The van der Waals surface area contributed by atoms with Gasteiger partial charge in [0, 0.05) is 66.2 Å². The Kier molecular flexibility index (Phi) is 15.3. The highest BCUT2D eigenvalue weighted by atomic mass is 16.7. The molecule has 10 aliphatic heterocycles. The van der Waals surface area contributed by atoms with E-state index in [0.29, 0.717) is 58.5 Å². The molecular weight excluding hydrogens is 1170 g/mol. The van der Waals surface area contributed by atoms with E-state index < -0.39 is 73.3 Å². The van der Waals surface area contributed by atoms with Crippen LogP contribution in [-0.2, 0) is 61.3 Å². The summed E-state index contributed by atoms with van der Waals surface area (Å²) < 4.78 is 71.7. The Hall–Kier alpha value is -6.20. The summed E-state index contributed by atoms with van der Waals surface area (Å²) in [4.78, 5) is 19.9. The fourth-order valence-electron chi connectivity index (χ4n) is 13.5. The maximum absolute atomic E-state index is 7.41. The summed E-state index contributed by atoms with van der Waals surface area (Å²) in [6, 6.07) is 21.7. The van der Waals surface area contributed by atoms with Crippen LogP contribution in [0.2, 0.25) is 0 Å². The van der Waals surface area contributed by atoms with E-state index >= 15 is 0 Å².